The van der Waals surface area contributed by atoms with Gasteiger partial charge >= 0.3 is 0 Å². The summed E-state index contributed by atoms with van der Waals surface area (Å²) in [4.78, 5) is 0. The number of hydrogen-bond donors (Lipinski definition) is 1. The van der Waals surface area contributed by atoms with Crippen molar-refractivity contribution in [1.29, 1.82) is 0 Å². The van der Waals surface area contributed by atoms with Gasteiger partial charge in [-0.1, -0.05) is 38.1 Å². The molecule has 0 aliphatic carbocycles. The van der Waals surface area contributed by atoms with Crippen molar-refractivity contribution in [1.82, 2.24) is 0 Å². The minimum Gasteiger partial charge on any atom is -0.491 e. The molecule has 96 valence electrons. The van der Waals surface area contributed by atoms with E-state index in [0.29, 0.717) is 12.5 Å². The predicted octanol–water partition coefficient (Wildman–Crippen LogP) is 3.72. The molecular weight excluding hydrogens is 224 g/mol. The van der Waals surface area contributed by atoms with Gasteiger partial charge in [-0.2, -0.15) is 0 Å². The SMILES string of the molecule is CCC(C)c1ccc2cc(OCCO)ccc2c1. The van der Waals surface area contributed by atoms with Crippen LogP contribution in [0.4, 0.5) is 0 Å². The second kappa shape index (κ2) is 5.87. The highest BCUT2D eigenvalue weighted by Gasteiger charge is 2.04. The van der Waals surface area contributed by atoms with Crippen LogP contribution in [0.2, 0.25) is 0 Å². The number of benzene rings is 2. The number of rotatable bonds is 5. The van der Waals surface area contributed by atoms with E-state index in [1.807, 2.05) is 12.1 Å². The van der Waals surface area contributed by atoms with Gasteiger partial charge in [-0.05, 0) is 40.8 Å². The van der Waals surface area contributed by atoms with Gasteiger partial charge in [-0.15, -0.1) is 0 Å². The van der Waals surface area contributed by atoms with Crippen LogP contribution < -0.4 is 4.74 Å². The number of ether oxygens (including phenoxy) is 1. The molecule has 18 heavy (non-hydrogen) atoms. The van der Waals surface area contributed by atoms with E-state index in [1.54, 1.807) is 0 Å². The van der Waals surface area contributed by atoms with Crippen LogP contribution in [0.25, 0.3) is 10.8 Å². The normalized spacial score (nSPS) is 12.6. The fraction of sp³-hybridized carbons (Fsp3) is 0.375. The zero-order valence-corrected chi connectivity index (χ0v) is 11.0. The van der Waals surface area contributed by atoms with E-state index in [-0.39, 0.29) is 6.61 Å². The van der Waals surface area contributed by atoms with Gasteiger partial charge in [0.1, 0.15) is 12.4 Å². The molecule has 0 saturated heterocycles. The molecule has 2 aromatic carbocycles. The maximum atomic E-state index is 8.74. The van der Waals surface area contributed by atoms with Crippen molar-refractivity contribution < 1.29 is 9.84 Å². The molecule has 0 aromatic heterocycles. The molecular formula is C16H20O2. The highest BCUT2D eigenvalue weighted by atomic mass is 16.5. The molecule has 2 heteroatoms. The largest absolute Gasteiger partial charge is 0.491 e. The fourth-order valence-corrected chi connectivity index (χ4v) is 2.04. The third-order valence-electron chi connectivity index (χ3n) is 3.38. The van der Waals surface area contributed by atoms with Crippen LogP contribution in [0.1, 0.15) is 31.7 Å². The first-order chi connectivity index (χ1) is 8.74. The molecule has 1 atom stereocenters. The monoisotopic (exact) mass is 244 g/mol. The summed E-state index contributed by atoms with van der Waals surface area (Å²) < 4.78 is 5.41. The van der Waals surface area contributed by atoms with Crippen molar-refractivity contribution in [3.63, 3.8) is 0 Å². The van der Waals surface area contributed by atoms with E-state index in [4.69, 9.17) is 9.84 Å². The van der Waals surface area contributed by atoms with Gasteiger partial charge in [0.05, 0.1) is 6.61 Å². The molecule has 0 aliphatic rings. The number of hydrogen-bond acceptors (Lipinski definition) is 2. The lowest BCUT2D eigenvalue weighted by molar-refractivity contribution is 0.201. The van der Waals surface area contributed by atoms with Gasteiger partial charge in [0.15, 0.2) is 0 Å². The molecule has 0 saturated carbocycles. The molecule has 0 bridgehead atoms. The predicted molar refractivity (Wildman–Crippen MR) is 75.2 cm³/mol. The third-order valence-corrected chi connectivity index (χ3v) is 3.38. The molecule has 0 aliphatic heterocycles. The van der Waals surface area contributed by atoms with E-state index in [9.17, 15) is 0 Å². The third kappa shape index (κ3) is 2.82. The molecule has 0 spiro atoms. The summed E-state index contributed by atoms with van der Waals surface area (Å²) in [7, 11) is 0. The van der Waals surface area contributed by atoms with Crippen molar-refractivity contribution in [3.8, 4) is 5.75 Å². The van der Waals surface area contributed by atoms with Crippen molar-refractivity contribution in [2.45, 2.75) is 26.2 Å². The van der Waals surface area contributed by atoms with Crippen molar-refractivity contribution in [2.24, 2.45) is 0 Å². The van der Waals surface area contributed by atoms with E-state index in [1.165, 1.54) is 16.3 Å². The molecule has 2 rings (SSSR count). The first-order valence-electron chi connectivity index (χ1n) is 6.52. The standard InChI is InChI=1S/C16H20O2/c1-3-12(2)13-4-5-15-11-16(18-9-8-17)7-6-14(15)10-13/h4-7,10-12,17H,3,8-9H2,1-2H3. The first kappa shape index (κ1) is 12.9. The average Bonchev–Trinajstić information content (AvgIpc) is 2.43. The van der Waals surface area contributed by atoms with Crippen LogP contribution in [0, 0.1) is 0 Å². The van der Waals surface area contributed by atoms with Gasteiger partial charge in [0.25, 0.3) is 0 Å². The molecule has 0 radical (unpaired) electrons. The quantitative estimate of drug-likeness (QED) is 0.868. The summed E-state index contributed by atoms with van der Waals surface area (Å²) in [5, 5.41) is 11.2. The number of fused-ring (bicyclic) bond motifs is 1. The molecule has 1 N–H and O–H groups in total. The molecule has 0 fully saturated rings. The lowest BCUT2D eigenvalue weighted by Gasteiger charge is -2.11. The zero-order valence-electron chi connectivity index (χ0n) is 11.0. The lowest BCUT2D eigenvalue weighted by Crippen LogP contribution is -2.01. The summed E-state index contributed by atoms with van der Waals surface area (Å²) >= 11 is 0. The highest BCUT2D eigenvalue weighted by molar-refractivity contribution is 5.84. The highest BCUT2D eigenvalue weighted by Crippen LogP contribution is 2.26. The maximum absolute atomic E-state index is 8.74. The summed E-state index contributed by atoms with van der Waals surface area (Å²) in [6, 6.07) is 12.6. The van der Waals surface area contributed by atoms with E-state index >= 15 is 0 Å². The Morgan fingerprint density at radius 1 is 1.11 bits per heavy atom. The summed E-state index contributed by atoms with van der Waals surface area (Å²) in [6.07, 6.45) is 1.16. The van der Waals surface area contributed by atoms with E-state index in [2.05, 4.69) is 38.1 Å². The Kier molecular flexibility index (Phi) is 4.21. The minimum absolute atomic E-state index is 0.0466. The van der Waals surface area contributed by atoms with Gasteiger partial charge in [-0.3, -0.25) is 0 Å². The summed E-state index contributed by atoms with van der Waals surface area (Å²) in [5.41, 5.74) is 1.38. The molecule has 1 unspecified atom stereocenters. The van der Waals surface area contributed by atoms with Gasteiger partial charge in [0.2, 0.25) is 0 Å². The Labute approximate surface area is 108 Å². The lowest BCUT2D eigenvalue weighted by atomic mass is 9.96. The second-order valence-electron chi connectivity index (χ2n) is 4.65. The Morgan fingerprint density at radius 3 is 2.56 bits per heavy atom. The Morgan fingerprint density at radius 2 is 1.83 bits per heavy atom. The van der Waals surface area contributed by atoms with Crippen molar-refractivity contribution in [2.75, 3.05) is 13.2 Å². The topological polar surface area (TPSA) is 29.5 Å². The zero-order chi connectivity index (χ0) is 13.0. The van der Waals surface area contributed by atoms with Crippen LogP contribution in [0.15, 0.2) is 36.4 Å². The molecule has 2 nitrogen and oxygen atoms in total. The summed E-state index contributed by atoms with van der Waals surface area (Å²) in [5.74, 6) is 1.41. The van der Waals surface area contributed by atoms with Crippen LogP contribution in [-0.4, -0.2) is 18.3 Å². The van der Waals surface area contributed by atoms with Crippen molar-refractivity contribution >= 4 is 10.8 Å². The second-order valence-corrected chi connectivity index (χ2v) is 4.65. The molecule has 2 aromatic rings. The molecule has 0 heterocycles. The smallest absolute Gasteiger partial charge is 0.120 e. The maximum Gasteiger partial charge on any atom is 0.120 e. The number of aliphatic hydroxyl groups is 1. The van der Waals surface area contributed by atoms with Crippen molar-refractivity contribution in [3.05, 3.63) is 42.0 Å². The van der Waals surface area contributed by atoms with Gasteiger partial charge in [0, 0.05) is 0 Å². The van der Waals surface area contributed by atoms with Crippen LogP contribution in [0.5, 0.6) is 5.75 Å². The fourth-order valence-electron chi connectivity index (χ4n) is 2.04. The summed E-state index contributed by atoms with van der Waals surface area (Å²) in [6.45, 7) is 4.85. The Bertz CT molecular complexity index is 519. The Hall–Kier alpha value is -1.54. The van der Waals surface area contributed by atoms with Gasteiger partial charge < -0.3 is 9.84 Å². The van der Waals surface area contributed by atoms with Crippen LogP contribution >= 0.6 is 0 Å². The minimum atomic E-state index is 0.0466. The van der Waals surface area contributed by atoms with E-state index in [0.717, 1.165) is 12.2 Å². The average molecular weight is 244 g/mol. The molecule has 0 amide bonds. The van der Waals surface area contributed by atoms with E-state index < -0.39 is 0 Å². The van der Waals surface area contributed by atoms with Crippen LogP contribution in [-0.2, 0) is 0 Å². The van der Waals surface area contributed by atoms with Gasteiger partial charge in [-0.25, -0.2) is 0 Å². The van der Waals surface area contributed by atoms with Crippen LogP contribution in [0.3, 0.4) is 0 Å². The first-order valence-corrected chi connectivity index (χ1v) is 6.52. The number of aliphatic hydroxyl groups excluding tert-OH is 1. The Balaban J connectivity index is 2.30.